The van der Waals surface area contributed by atoms with E-state index in [0.717, 1.165) is 49.6 Å². The maximum atomic E-state index is 6.59. The van der Waals surface area contributed by atoms with Crippen LogP contribution < -0.4 is 21.7 Å². The van der Waals surface area contributed by atoms with Gasteiger partial charge in [0, 0.05) is 43.0 Å². The zero-order chi connectivity index (χ0) is 17.2. The number of allylic oxidation sites excluding steroid dienone is 2. The van der Waals surface area contributed by atoms with Crippen LogP contribution in [0, 0.1) is 0 Å². The molecule has 0 bridgehead atoms. The predicted molar refractivity (Wildman–Crippen MR) is 97.6 cm³/mol. The Morgan fingerprint density at radius 1 is 1.42 bits per heavy atom. The summed E-state index contributed by atoms with van der Waals surface area (Å²) in [5.74, 6) is 1.65. The molecule has 24 heavy (non-hydrogen) atoms. The molecule has 0 saturated carbocycles. The van der Waals surface area contributed by atoms with Gasteiger partial charge in [-0.1, -0.05) is 25.5 Å². The van der Waals surface area contributed by atoms with Crippen LogP contribution in [0.2, 0.25) is 0 Å². The summed E-state index contributed by atoms with van der Waals surface area (Å²) in [4.78, 5) is 11.9. The molecule has 130 valence electrons. The number of hydrogen-bond donors (Lipinski definition) is 3. The summed E-state index contributed by atoms with van der Waals surface area (Å²) in [6.45, 7) is 4.13. The first-order valence-electron chi connectivity index (χ1n) is 8.77. The van der Waals surface area contributed by atoms with Crippen LogP contribution in [0.15, 0.2) is 30.0 Å². The normalized spacial score (nSPS) is 26.7. The molecule has 2 heterocycles. The van der Waals surface area contributed by atoms with Crippen molar-refractivity contribution >= 4 is 5.82 Å². The highest BCUT2D eigenvalue weighted by molar-refractivity contribution is 5.43. The molecule has 5 N–H and O–H groups in total. The van der Waals surface area contributed by atoms with Crippen LogP contribution in [-0.2, 0) is 12.0 Å². The molecule has 0 aromatic carbocycles. The smallest absolute Gasteiger partial charge is 0.155 e. The average molecular weight is 328 g/mol. The summed E-state index contributed by atoms with van der Waals surface area (Å²) in [5.41, 5.74) is 13.7. The van der Waals surface area contributed by atoms with Gasteiger partial charge >= 0.3 is 0 Å². The summed E-state index contributed by atoms with van der Waals surface area (Å²) < 4.78 is 0. The van der Waals surface area contributed by atoms with Gasteiger partial charge in [0.1, 0.15) is 11.4 Å². The van der Waals surface area contributed by atoms with Gasteiger partial charge in [0.2, 0.25) is 0 Å². The van der Waals surface area contributed by atoms with Gasteiger partial charge in [-0.25, -0.2) is 9.97 Å². The highest BCUT2D eigenvalue weighted by Gasteiger charge is 2.32. The summed E-state index contributed by atoms with van der Waals surface area (Å²) >= 11 is 0. The van der Waals surface area contributed by atoms with E-state index in [-0.39, 0.29) is 0 Å². The Labute approximate surface area is 144 Å². The van der Waals surface area contributed by atoms with Crippen molar-refractivity contribution in [1.82, 2.24) is 15.3 Å². The topological polar surface area (TPSA) is 93.1 Å². The molecule has 1 aliphatic carbocycles. The number of aromatic nitrogens is 2. The number of anilines is 1. The van der Waals surface area contributed by atoms with Crippen molar-refractivity contribution in [3.05, 3.63) is 41.5 Å². The van der Waals surface area contributed by atoms with E-state index < -0.39 is 5.54 Å². The third-order valence-corrected chi connectivity index (χ3v) is 4.81. The number of hydrogen-bond acceptors (Lipinski definition) is 6. The van der Waals surface area contributed by atoms with E-state index in [2.05, 4.69) is 23.2 Å². The lowest BCUT2D eigenvalue weighted by molar-refractivity contribution is 0.505. The molecule has 2 aliphatic rings. The lowest BCUT2D eigenvalue weighted by Gasteiger charge is -2.28. The molecule has 1 aromatic heterocycles. The van der Waals surface area contributed by atoms with Gasteiger partial charge in [0.05, 0.1) is 0 Å². The summed E-state index contributed by atoms with van der Waals surface area (Å²) in [6, 6.07) is 2.62. The van der Waals surface area contributed by atoms with E-state index in [9.17, 15) is 0 Å². The summed E-state index contributed by atoms with van der Waals surface area (Å²) in [5, 5.41) is 3.35. The highest BCUT2D eigenvalue weighted by Crippen LogP contribution is 2.29. The van der Waals surface area contributed by atoms with Crippen LogP contribution in [-0.4, -0.2) is 36.1 Å². The van der Waals surface area contributed by atoms with Gasteiger partial charge in [0.15, 0.2) is 5.82 Å². The Morgan fingerprint density at radius 2 is 2.25 bits per heavy atom. The fourth-order valence-electron chi connectivity index (χ4n) is 3.39. The Balaban J connectivity index is 1.94. The van der Waals surface area contributed by atoms with Crippen LogP contribution in [0.25, 0.3) is 0 Å². The lowest BCUT2D eigenvalue weighted by Crippen LogP contribution is -2.40. The SMILES string of the molecule is CCCc1cc(N2CCC(NC)C2)nc(C2(N)C=CC=C(N)C2)n1. The Morgan fingerprint density at radius 3 is 2.92 bits per heavy atom. The van der Waals surface area contributed by atoms with Gasteiger partial charge in [0.25, 0.3) is 0 Å². The van der Waals surface area contributed by atoms with Crippen LogP contribution in [0.1, 0.15) is 37.7 Å². The molecule has 3 rings (SSSR count). The molecule has 1 saturated heterocycles. The first kappa shape index (κ1) is 16.9. The second-order valence-corrected chi connectivity index (χ2v) is 6.83. The van der Waals surface area contributed by atoms with Gasteiger partial charge in [-0.05, 0) is 26.0 Å². The quantitative estimate of drug-likeness (QED) is 0.752. The van der Waals surface area contributed by atoms with Crippen molar-refractivity contribution < 1.29 is 0 Å². The molecule has 1 aliphatic heterocycles. The van der Waals surface area contributed by atoms with Crippen LogP contribution >= 0.6 is 0 Å². The standard InChI is InChI=1S/C18H28N6/c1-3-5-14-10-16(24-9-7-15(12-24)21-2)23-17(22-14)18(20)8-4-6-13(19)11-18/h4,6,8,10,15,21H,3,5,7,9,11-12,19-20H2,1-2H3. The summed E-state index contributed by atoms with van der Waals surface area (Å²) in [7, 11) is 2.01. The Kier molecular flexibility index (Phi) is 4.87. The van der Waals surface area contributed by atoms with Crippen LogP contribution in [0.5, 0.6) is 0 Å². The largest absolute Gasteiger partial charge is 0.402 e. The number of aryl methyl sites for hydroxylation is 1. The zero-order valence-electron chi connectivity index (χ0n) is 14.6. The van der Waals surface area contributed by atoms with Crippen molar-refractivity contribution in [2.45, 2.75) is 44.2 Å². The molecule has 0 radical (unpaired) electrons. The van der Waals surface area contributed by atoms with Crippen LogP contribution in [0.3, 0.4) is 0 Å². The minimum Gasteiger partial charge on any atom is -0.402 e. The fourth-order valence-corrected chi connectivity index (χ4v) is 3.39. The molecule has 2 atom stereocenters. The van der Waals surface area contributed by atoms with E-state index in [1.165, 1.54) is 0 Å². The lowest BCUT2D eigenvalue weighted by atomic mass is 9.89. The molecule has 0 spiro atoms. The highest BCUT2D eigenvalue weighted by atomic mass is 15.2. The summed E-state index contributed by atoms with van der Waals surface area (Å²) in [6.07, 6.45) is 9.40. The van der Waals surface area contributed by atoms with E-state index in [4.69, 9.17) is 21.4 Å². The minimum absolute atomic E-state index is 0.512. The molecular weight excluding hydrogens is 300 g/mol. The van der Waals surface area contributed by atoms with Crippen molar-refractivity contribution in [3.8, 4) is 0 Å². The average Bonchev–Trinajstić information content (AvgIpc) is 3.04. The molecule has 6 heteroatoms. The van der Waals surface area contributed by atoms with Gasteiger partial charge in [-0.3, -0.25) is 0 Å². The first-order chi connectivity index (χ1) is 11.5. The first-order valence-corrected chi connectivity index (χ1v) is 8.77. The van der Waals surface area contributed by atoms with Gasteiger partial charge in [-0.2, -0.15) is 0 Å². The van der Waals surface area contributed by atoms with Crippen molar-refractivity contribution in [3.63, 3.8) is 0 Å². The van der Waals surface area contributed by atoms with E-state index in [0.29, 0.717) is 18.3 Å². The Bertz CT molecular complexity index is 653. The zero-order valence-corrected chi connectivity index (χ0v) is 14.6. The third-order valence-electron chi connectivity index (χ3n) is 4.81. The minimum atomic E-state index is -0.723. The number of nitrogens with one attached hydrogen (secondary N) is 1. The predicted octanol–water partition coefficient (Wildman–Crippen LogP) is 1.18. The van der Waals surface area contributed by atoms with E-state index in [1.807, 2.05) is 25.3 Å². The second kappa shape index (κ2) is 6.91. The van der Waals surface area contributed by atoms with Crippen molar-refractivity contribution in [2.75, 3.05) is 25.0 Å². The fraction of sp³-hybridized carbons (Fsp3) is 0.556. The monoisotopic (exact) mass is 328 g/mol. The molecule has 2 unspecified atom stereocenters. The molecule has 0 amide bonds. The van der Waals surface area contributed by atoms with Gasteiger partial charge < -0.3 is 21.7 Å². The van der Waals surface area contributed by atoms with E-state index in [1.54, 1.807) is 0 Å². The number of likely N-dealkylation sites (N-methyl/N-ethyl adjacent to an activating group) is 1. The molecule has 6 nitrogen and oxygen atoms in total. The molecular formula is C18H28N6. The Hall–Kier alpha value is -1.92. The third kappa shape index (κ3) is 3.44. The van der Waals surface area contributed by atoms with Crippen molar-refractivity contribution in [1.29, 1.82) is 0 Å². The number of nitrogens with two attached hydrogens (primary N) is 2. The van der Waals surface area contributed by atoms with Gasteiger partial charge in [-0.15, -0.1) is 0 Å². The number of nitrogens with zero attached hydrogens (tertiary/aromatic N) is 3. The van der Waals surface area contributed by atoms with Crippen molar-refractivity contribution in [2.24, 2.45) is 11.5 Å². The van der Waals surface area contributed by atoms with E-state index >= 15 is 0 Å². The molecule has 1 aromatic rings. The number of rotatable bonds is 5. The van der Waals surface area contributed by atoms with Crippen LogP contribution in [0.4, 0.5) is 5.82 Å². The maximum absolute atomic E-state index is 6.59. The second-order valence-electron chi connectivity index (χ2n) is 6.83. The maximum Gasteiger partial charge on any atom is 0.155 e. The molecule has 1 fully saturated rings.